The highest BCUT2D eigenvalue weighted by Gasteiger charge is 2.14. The molecule has 7 heteroatoms. The summed E-state index contributed by atoms with van der Waals surface area (Å²) in [7, 11) is 0. The molecule has 1 aliphatic heterocycles. The first-order valence-electron chi connectivity index (χ1n) is 7.67. The van der Waals surface area contributed by atoms with Gasteiger partial charge in [0.05, 0.1) is 0 Å². The van der Waals surface area contributed by atoms with Crippen LogP contribution < -0.4 is 5.32 Å². The molecule has 0 amide bonds. The van der Waals surface area contributed by atoms with Crippen LogP contribution in [0.1, 0.15) is 16.8 Å². The molecule has 0 spiro atoms. The zero-order valence-electron chi connectivity index (χ0n) is 13.1. The van der Waals surface area contributed by atoms with Crippen LogP contribution in [0.25, 0.3) is 11.6 Å². The predicted octanol–water partition coefficient (Wildman–Crippen LogP) is 4.03. The number of rotatable bonds is 4. The van der Waals surface area contributed by atoms with E-state index in [1.54, 1.807) is 18.5 Å². The van der Waals surface area contributed by atoms with E-state index in [-0.39, 0.29) is 5.88 Å². The molecular formula is C18H14ClN5O. The van der Waals surface area contributed by atoms with Gasteiger partial charge in [-0.25, -0.2) is 9.98 Å². The zero-order chi connectivity index (χ0) is 17.2. The van der Waals surface area contributed by atoms with Crippen LogP contribution in [0.5, 0.6) is 5.88 Å². The smallest absolute Gasteiger partial charge is 0.238 e. The van der Waals surface area contributed by atoms with Crippen LogP contribution >= 0.6 is 11.6 Å². The lowest BCUT2D eigenvalue weighted by atomic mass is 10.1. The third kappa shape index (κ3) is 3.25. The monoisotopic (exact) mass is 351 g/mol. The van der Waals surface area contributed by atoms with Crippen LogP contribution in [0.4, 0.5) is 11.8 Å². The Balaban J connectivity index is 1.52. The van der Waals surface area contributed by atoms with Crippen molar-refractivity contribution in [2.45, 2.75) is 6.54 Å². The highest BCUT2D eigenvalue weighted by atomic mass is 35.5. The average Bonchev–Trinajstić information content (AvgIpc) is 3.19. The first-order valence-corrected chi connectivity index (χ1v) is 8.05. The summed E-state index contributed by atoms with van der Waals surface area (Å²) in [4.78, 5) is 15.6. The summed E-state index contributed by atoms with van der Waals surface area (Å²) >= 11 is 5.88. The number of aromatic nitrogens is 3. The largest absolute Gasteiger partial charge is 0.492 e. The van der Waals surface area contributed by atoms with E-state index in [2.05, 4.69) is 25.3 Å². The molecule has 124 valence electrons. The van der Waals surface area contributed by atoms with E-state index in [1.807, 2.05) is 36.4 Å². The Hall–Kier alpha value is -3.12. The van der Waals surface area contributed by atoms with E-state index in [9.17, 15) is 5.11 Å². The molecule has 0 saturated heterocycles. The molecule has 3 aromatic rings. The second kappa shape index (κ2) is 6.41. The standard InChI is InChI=1S/C18H14ClN5O/c19-13-5-3-11(4-6-13)9-22-18-23-15(17(25)24-18)8-12-10-21-16-14(12)2-1-7-20-16/h1-8,10,25H,9H2,(H2,22,23,24)/b12-8+. The van der Waals surface area contributed by atoms with E-state index in [0.29, 0.717) is 29.0 Å². The van der Waals surface area contributed by atoms with Crippen molar-refractivity contribution in [3.63, 3.8) is 0 Å². The van der Waals surface area contributed by atoms with Gasteiger partial charge in [0.25, 0.3) is 0 Å². The Labute approximate surface area is 149 Å². The van der Waals surface area contributed by atoms with Crippen molar-refractivity contribution in [3.05, 3.63) is 64.4 Å². The summed E-state index contributed by atoms with van der Waals surface area (Å²) < 4.78 is 0. The van der Waals surface area contributed by atoms with E-state index >= 15 is 0 Å². The second-order valence-corrected chi connectivity index (χ2v) is 5.97. The fourth-order valence-electron chi connectivity index (χ4n) is 2.55. The minimum absolute atomic E-state index is 0.0724. The first kappa shape index (κ1) is 15.4. The molecule has 0 bridgehead atoms. The van der Waals surface area contributed by atoms with Gasteiger partial charge in [-0.1, -0.05) is 23.7 Å². The molecule has 25 heavy (non-hydrogen) atoms. The molecule has 3 heterocycles. The Bertz CT molecular complexity index is 975. The fourth-order valence-corrected chi connectivity index (χ4v) is 2.67. The van der Waals surface area contributed by atoms with Gasteiger partial charge in [0.15, 0.2) is 5.82 Å². The van der Waals surface area contributed by atoms with Crippen molar-refractivity contribution >= 4 is 41.2 Å². The van der Waals surface area contributed by atoms with Gasteiger partial charge in [-0.3, -0.25) is 0 Å². The molecule has 0 unspecified atom stereocenters. The molecule has 0 atom stereocenters. The zero-order valence-corrected chi connectivity index (χ0v) is 13.8. The highest BCUT2D eigenvalue weighted by molar-refractivity contribution is 6.30. The van der Waals surface area contributed by atoms with E-state index in [0.717, 1.165) is 16.7 Å². The van der Waals surface area contributed by atoms with Gasteiger partial charge in [0.2, 0.25) is 11.8 Å². The number of benzene rings is 1. The van der Waals surface area contributed by atoms with Crippen LogP contribution in [0.3, 0.4) is 0 Å². The van der Waals surface area contributed by atoms with Gasteiger partial charge < -0.3 is 15.4 Å². The number of nitrogens with one attached hydrogen (secondary N) is 2. The number of anilines is 1. The number of halogens is 1. The Kier molecular flexibility index (Phi) is 3.95. The highest BCUT2D eigenvalue weighted by Crippen LogP contribution is 2.31. The summed E-state index contributed by atoms with van der Waals surface area (Å²) in [5.74, 6) is 1.09. The fraction of sp³-hybridized carbons (Fsp3) is 0.0556. The normalized spacial score (nSPS) is 14.0. The molecule has 6 nitrogen and oxygen atoms in total. The summed E-state index contributed by atoms with van der Waals surface area (Å²) in [5.41, 5.74) is 3.36. The second-order valence-electron chi connectivity index (χ2n) is 5.54. The van der Waals surface area contributed by atoms with Gasteiger partial charge in [0.1, 0.15) is 5.69 Å². The number of aliphatic imine (C=N–C) groups is 1. The van der Waals surface area contributed by atoms with Crippen molar-refractivity contribution < 1.29 is 5.11 Å². The number of aromatic amines is 1. The molecule has 3 N–H and O–H groups in total. The third-order valence-corrected chi connectivity index (χ3v) is 4.06. The third-order valence-electron chi connectivity index (χ3n) is 3.81. The number of aromatic hydroxyl groups is 1. The van der Waals surface area contributed by atoms with E-state index in [4.69, 9.17) is 11.6 Å². The molecular weight excluding hydrogens is 338 g/mol. The number of hydrogen-bond donors (Lipinski definition) is 3. The quantitative estimate of drug-likeness (QED) is 0.662. The van der Waals surface area contributed by atoms with Gasteiger partial charge in [0, 0.05) is 35.1 Å². The predicted molar refractivity (Wildman–Crippen MR) is 99.3 cm³/mol. The lowest BCUT2D eigenvalue weighted by Gasteiger charge is -2.02. The van der Waals surface area contributed by atoms with Crippen molar-refractivity contribution in [1.29, 1.82) is 0 Å². The van der Waals surface area contributed by atoms with Crippen LogP contribution in [-0.4, -0.2) is 26.3 Å². The molecule has 1 aliphatic rings. The number of allylic oxidation sites excluding steroid dienone is 1. The maximum atomic E-state index is 10.1. The van der Waals surface area contributed by atoms with Gasteiger partial charge in [-0.2, -0.15) is 4.98 Å². The number of hydrogen-bond acceptors (Lipinski definition) is 5. The van der Waals surface area contributed by atoms with Gasteiger partial charge in [-0.05, 0) is 35.9 Å². The lowest BCUT2D eigenvalue weighted by molar-refractivity contribution is 0.455. The van der Waals surface area contributed by atoms with Gasteiger partial charge in [-0.15, -0.1) is 0 Å². The maximum absolute atomic E-state index is 10.1. The Morgan fingerprint density at radius 3 is 2.88 bits per heavy atom. The Morgan fingerprint density at radius 2 is 2.04 bits per heavy atom. The summed E-state index contributed by atoms with van der Waals surface area (Å²) in [6, 6.07) is 11.3. The van der Waals surface area contributed by atoms with Crippen LogP contribution in [0.2, 0.25) is 5.02 Å². The molecule has 2 aromatic heterocycles. The number of imidazole rings is 1. The summed E-state index contributed by atoms with van der Waals surface area (Å²) in [5, 5.41) is 13.9. The summed E-state index contributed by atoms with van der Waals surface area (Å²) in [6.07, 6.45) is 5.22. The maximum Gasteiger partial charge on any atom is 0.238 e. The number of nitrogens with zero attached hydrogens (tertiary/aromatic N) is 3. The number of pyridine rings is 1. The number of fused-ring (bicyclic) bond motifs is 1. The molecule has 0 fully saturated rings. The van der Waals surface area contributed by atoms with Crippen molar-refractivity contribution in [3.8, 4) is 5.88 Å². The van der Waals surface area contributed by atoms with E-state index in [1.165, 1.54) is 0 Å². The molecule has 0 saturated carbocycles. The van der Waals surface area contributed by atoms with E-state index < -0.39 is 0 Å². The topological polar surface area (TPSA) is 86.2 Å². The minimum Gasteiger partial charge on any atom is -0.492 e. The lowest BCUT2D eigenvalue weighted by Crippen LogP contribution is -2.00. The average molecular weight is 352 g/mol. The molecule has 1 aromatic carbocycles. The molecule has 4 rings (SSSR count). The summed E-state index contributed by atoms with van der Waals surface area (Å²) in [6.45, 7) is 0.564. The molecule has 0 aliphatic carbocycles. The van der Waals surface area contributed by atoms with Crippen molar-refractivity contribution in [2.24, 2.45) is 4.99 Å². The van der Waals surface area contributed by atoms with Crippen molar-refractivity contribution in [2.75, 3.05) is 5.32 Å². The van der Waals surface area contributed by atoms with Crippen LogP contribution in [0, 0.1) is 0 Å². The minimum atomic E-state index is -0.0724. The van der Waals surface area contributed by atoms with Gasteiger partial charge >= 0.3 is 0 Å². The Morgan fingerprint density at radius 1 is 1.20 bits per heavy atom. The van der Waals surface area contributed by atoms with Crippen LogP contribution in [0.15, 0.2) is 47.6 Å². The number of H-pyrrole nitrogens is 1. The SMILES string of the molecule is Oc1nc(NCc2ccc(Cl)cc2)[nH]c1/C=C1\C=Nc2ncccc21. The first-order chi connectivity index (χ1) is 12.2. The molecule has 0 radical (unpaired) electrons. The van der Waals surface area contributed by atoms with Crippen LogP contribution in [-0.2, 0) is 6.54 Å². The van der Waals surface area contributed by atoms with Crippen molar-refractivity contribution in [1.82, 2.24) is 15.0 Å².